The summed E-state index contributed by atoms with van der Waals surface area (Å²) in [5, 5.41) is 2.69. The van der Waals surface area contributed by atoms with Gasteiger partial charge in [0.05, 0.1) is 5.75 Å². The van der Waals surface area contributed by atoms with E-state index in [0.717, 1.165) is 12.2 Å². The molecule has 0 heterocycles. The van der Waals surface area contributed by atoms with E-state index in [-0.39, 0.29) is 5.75 Å². The van der Waals surface area contributed by atoms with Crippen molar-refractivity contribution >= 4 is 21.4 Å². The number of amides is 1. The molecule has 1 aromatic rings. The summed E-state index contributed by atoms with van der Waals surface area (Å²) in [5.41, 5.74) is 2.32. The van der Waals surface area contributed by atoms with Gasteiger partial charge in [-0.2, -0.15) is 0 Å². The smallest absolute Gasteiger partial charge is 0.235 e. The van der Waals surface area contributed by atoms with Crippen LogP contribution < -0.4 is 10.2 Å². The van der Waals surface area contributed by atoms with E-state index in [4.69, 9.17) is 0 Å². The van der Waals surface area contributed by atoms with Crippen molar-refractivity contribution in [3.05, 3.63) is 29.8 Å². The summed E-state index contributed by atoms with van der Waals surface area (Å²) in [6.45, 7) is 7.81. The Bertz CT molecular complexity index is 585. The molecule has 1 aromatic carbocycles. The molecule has 6 heteroatoms. The normalized spacial score (nSPS) is 11.2. The molecule has 1 rings (SSSR count). The first-order chi connectivity index (χ1) is 10.4. The maximum Gasteiger partial charge on any atom is 0.235 e. The number of para-hydroxylation sites is 1. The summed E-state index contributed by atoms with van der Waals surface area (Å²) in [6.07, 6.45) is 0.534. The van der Waals surface area contributed by atoms with Gasteiger partial charge in [-0.1, -0.05) is 25.1 Å². The summed E-state index contributed by atoms with van der Waals surface area (Å²) in [6, 6.07) is 8.08. The Labute approximate surface area is 133 Å². The second-order valence-corrected chi connectivity index (χ2v) is 7.49. The van der Waals surface area contributed by atoms with E-state index in [1.54, 1.807) is 6.92 Å². The predicted molar refractivity (Wildman–Crippen MR) is 91.0 cm³/mol. The largest absolute Gasteiger partial charge is 0.370 e. The Morgan fingerprint density at radius 3 is 2.50 bits per heavy atom. The van der Waals surface area contributed by atoms with Gasteiger partial charge in [0.2, 0.25) is 5.91 Å². The lowest BCUT2D eigenvalue weighted by atomic mass is 10.2. The van der Waals surface area contributed by atoms with Crippen molar-refractivity contribution in [3.8, 4) is 0 Å². The lowest BCUT2D eigenvalue weighted by Crippen LogP contribution is -2.38. The van der Waals surface area contributed by atoms with Crippen LogP contribution in [0.5, 0.6) is 0 Å². The molecule has 1 N–H and O–H groups in total. The van der Waals surface area contributed by atoms with Crippen LogP contribution in [0.2, 0.25) is 0 Å². The van der Waals surface area contributed by atoms with E-state index < -0.39 is 21.5 Å². The number of likely N-dealkylation sites (N-methyl/N-ethyl adjacent to an activating group) is 1. The van der Waals surface area contributed by atoms with Crippen LogP contribution in [0.1, 0.15) is 25.8 Å². The minimum absolute atomic E-state index is 0.0602. The maximum absolute atomic E-state index is 11.7. The number of benzene rings is 1. The second kappa shape index (κ2) is 8.78. The van der Waals surface area contributed by atoms with Crippen molar-refractivity contribution in [1.29, 1.82) is 0 Å². The molecule has 0 bridgehead atoms. The van der Waals surface area contributed by atoms with Crippen molar-refractivity contribution in [1.82, 2.24) is 5.32 Å². The highest BCUT2D eigenvalue weighted by molar-refractivity contribution is 7.92. The number of hydrogen-bond acceptors (Lipinski definition) is 4. The van der Waals surface area contributed by atoms with Crippen molar-refractivity contribution in [2.24, 2.45) is 0 Å². The summed E-state index contributed by atoms with van der Waals surface area (Å²) < 4.78 is 23.2. The lowest BCUT2D eigenvalue weighted by Gasteiger charge is -2.25. The van der Waals surface area contributed by atoms with Crippen LogP contribution in [-0.2, 0) is 14.6 Å². The van der Waals surface area contributed by atoms with E-state index in [1.807, 2.05) is 31.2 Å². The molecular formula is C16H26N2O3S. The third-order valence-corrected chi connectivity index (χ3v) is 5.14. The van der Waals surface area contributed by atoms with E-state index in [0.29, 0.717) is 19.5 Å². The van der Waals surface area contributed by atoms with Gasteiger partial charge in [-0.25, -0.2) is 8.42 Å². The summed E-state index contributed by atoms with van der Waals surface area (Å²) >= 11 is 0. The second-order valence-electron chi connectivity index (χ2n) is 5.31. The molecule has 22 heavy (non-hydrogen) atoms. The number of carbonyl (C=O) groups excluding carboxylic acids is 1. The fourth-order valence-electron chi connectivity index (χ4n) is 2.33. The van der Waals surface area contributed by atoms with Gasteiger partial charge in [0.15, 0.2) is 9.84 Å². The first kappa shape index (κ1) is 18.5. The molecule has 1 amide bonds. The van der Waals surface area contributed by atoms with Crippen molar-refractivity contribution in [3.63, 3.8) is 0 Å². The SMILES string of the molecule is CCCS(=O)(=O)CC(=O)NCCN(CC)c1ccccc1C. The minimum Gasteiger partial charge on any atom is -0.370 e. The standard InChI is InChI=1S/C16H26N2O3S/c1-4-12-22(20,21)13-16(19)17-10-11-18(5-2)15-9-7-6-8-14(15)3/h6-9H,4-5,10-13H2,1-3H3,(H,17,19). The Morgan fingerprint density at radius 1 is 1.23 bits per heavy atom. The number of aryl methyl sites for hydroxylation is 1. The molecule has 0 radical (unpaired) electrons. The molecule has 0 unspecified atom stereocenters. The molecule has 0 aromatic heterocycles. The van der Waals surface area contributed by atoms with Gasteiger partial charge < -0.3 is 10.2 Å². The molecular weight excluding hydrogens is 300 g/mol. The van der Waals surface area contributed by atoms with Gasteiger partial charge in [-0.3, -0.25) is 4.79 Å². The number of carbonyl (C=O) groups is 1. The third-order valence-electron chi connectivity index (χ3n) is 3.41. The van der Waals surface area contributed by atoms with Crippen LogP contribution >= 0.6 is 0 Å². The first-order valence-corrected chi connectivity index (χ1v) is 9.49. The van der Waals surface area contributed by atoms with Crippen LogP contribution in [0.25, 0.3) is 0 Å². The Hall–Kier alpha value is -1.56. The molecule has 0 spiro atoms. The number of rotatable bonds is 9. The molecule has 5 nitrogen and oxygen atoms in total. The third kappa shape index (κ3) is 6.05. The highest BCUT2D eigenvalue weighted by Crippen LogP contribution is 2.18. The highest BCUT2D eigenvalue weighted by Gasteiger charge is 2.15. The topological polar surface area (TPSA) is 66.5 Å². The predicted octanol–water partition coefficient (Wildman–Crippen LogP) is 1.76. The van der Waals surface area contributed by atoms with Gasteiger partial charge in [0.25, 0.3) is 0 Å². The quantitative estimate of drug-likeness (QED) is 0.751. The van der Waals surface area contributed by atoms with E-state index in [9.17, 15) is 13.2 Å². The maximum atomic E-state index is 11.7. The van der Waals surface area contributed by atoms with Crippen molar-refractivity contribution in [2.75, 3.05) is 36.0 Å². The number of nitrogens with one attached hydrogen (secondary N) is 1. The molecule has 0 saturated heterocycles. The Balaban J connectivity index is 2.48. The summed E-state index contributed by atoms with van der Waals surface area (Å²) in [7, 11) is -3.27. The zero-order valence-corrected chi connectivity index (χ0v) is 14.4. The van der Waals surface area contributed by atoms with Crippen molar-refractivity contribution < 1.29 is 13.2 Å². The average Bonchev–Trinajstić information content (AvgIpc) is 2.44. The van der Waals surface area contributed by atoms with Gasteiger partial charge in [-0.15, -0.1) is 0 Å². The van der Waals surface area contributed by atoms with E-state index in [2.05, 4.69) is 17.1 Å². The zero-order valence-electron chi connectivity index (χ0n) is 13.6. The molecule has 0 fully saturated rings. The van der Waals surface area contributed by atoms with Gasteiger partial charge in [0.1, 0.15) is 5.75 Å². The molecule has 0 saturated carbocycles. The fourth-order valence-corrected chi connectivity index (χ4v) is 3.60. The summed E-state index contributed by atoms with van der Waals surface area (Å²) in [5.74, 6) is -0.781. The summed E-state index contributed by atoms with van der Waals surface area (Å²) in [4.78, 5) is 13.9. The van der Waals surface area contributed by atoms with E-state index in [1.165, 1.54) is 5.56 Å². The number of anilines is 1. The van der Waals surface area contributed by atoms with E-state index >= 15 is 0 Å². The van der Waals surface area contributed by atoms with Crippen LogP contribution in [0, 0.1) is 6.92 Å². The number of sulfone groups is 1. The van der Waals surface area contributed by atoms with Crippen LogP contribution in [0.15, 0.2) is 24.3 Å². The fraction of sp³-hybridized carbons (Fsp3) is 0.562. The first-order valence-electron chi connectivity index (χ1n) is 7.67. The highest BCUT2D eigenvalue weighted by atomic mass is 32.2. The van der Waals surface area contributed by atoms with Crippen LogP contribution in [0.4, 0.5) is 5.69 Å². The lowest BCUT2D eigenvalue weighted by molar-refractivity contribution is -0.118. The Morgan fingerprint density at radius 2 is 1.91 bits per heavy atom. The molecule has 0 aliphatic carbocycles. The van der Waals surface area contributed by atoms with Crippen LogP contribution in [-0.4, -0.2) is 45.5 Å². The van der Waals surface area contributed by atoms with Crippen LogP contribution in [0.3, 0.4) is 0 Å². The monoisotopic (exact) mass is 326 g/mol. The molecule has 0 aliphatic rings. The van der Waals surface area contributed by atoms with Crippen molar-refractivity contribution in [2.45, 2.75) is 27.2 Å². The van der Waals surface area contributed by atoms with Gasteiger partial charge in [-0.05, 0) is 31.9 Å². The Kier molecular flexibility index (Phi) is 7.38. The average molecular weight is 326 g/mol. The number of nitrogens with zero attached hydrogens (tertiary/aromatic N) is 1. The van der Waals surface area contributed by atoms with Gasteiger partial charge in [0, 0.05) is 25.3 Å². The van der Waals surface area contributed by atoms with Gasteiger partial charge >= 0.3 is 0 Å². The number of hydrogen-bond donors (Lipinski definition) is 1. The molecule has 124 valence electrons. The molecule has 0 atom stereocenters. The minimum atomic E-state index is -3.27. The zero-order chi connectivity index (χ0) is 16.6. The molecule has 0 aliphatic heterocycles.